The minimum absolute atomic E-state index is 0.0454. The summed E-state index contributed by atoms with van der Waals surface area (Å²) in [7, 11) is 1.44. The van der Waals surface area contributed by atoms with Crippen LogP contribution in [-0.4, -0.2) is 9.55 Å². The van der Waals surface area contributed by atoms with Crippen LogP contribution in [0.4, 0.5) is 5.82 Å². The fourth-order valence-corrected chi connectivity index (χ4v) is 2.23. The van der Waals surface area contributed by atoms with E-state index in [2.05, 4.69) is 10.3 Å². The summed E-state index contributed by atoms with van der Waals surface area (Å²) >= 11 is 1.61. The van der Waals surface area contributed by atoms with Gasteiger partial charge in [0.1, 0.15) is 5.82 Å². The summed E-state index contributed by atoms with van der Waals surface area (Å²) < 4.78 is 1.03. The molecule has 2 N–H and O–H groups in total. The van der Waals surface area contributed by atoms with Crippen molar-refractivity contribution in [3.05, 3.63) is 49.3 Å². The monoisotopic (exact) mass is 251 g/mol. The second kappa shape index (κ2) is 4.58. The summed E-state index contributed by atoms with van der Waals surface area (Å²) in [6, 6.07) is 3.43. The van der Waals surface area contributed by atoms with Crippen molar-refractivity contribution in [1.29, 1.82) is 0 Å². The average Bonchev–Trinajstić information content (AvgIpc) is 2.79. The normalized spacial score (nSPS) is 12.4. The second-order valence-electron chi connectivity index (χ2n) is 3.81. The molecule has 2 heterocycles. The van der Waals surface area contributed by atoms with Crippen LogP contribution in [0.3, 0.4) is 0 Å². The minimum atomic E-state index is -0.419. The van der Waals surface area contributed by atoms with Crippen molar-refractivity contribution < 1.29 is 0 Å². The SMILES string of the molecule is C[C@H](Nc1cc(=O)n(C)c(=O)[nH]1)c1ccsc1. The van der Waals surface area contributed by atoms with Crippen LogP contribution in [0, 0.1) is 0 Å². The van der Waals surface area contributed by atoms with E-state index in [9.17, 15) is 9.59 Å². The van der Waals surface area contributed by atoms with Gasteiger partial charge in [-0.3, -0.25) is 14.3 Å². The first-order chi connectivity index (χ1) is 8.08. The summed E-state index contributed by atoms with van der Waals surface area (Å²) in [5, 5.41) is 7.10. The van der Waals surface area contributed by atoms with E-state index in [0.717, 1.165) is 10.1 Å². The number of nitrogens with zero attached hydrogens (tertiary/aromatic N) is 1. The van der Waals surface area contributed by atoms with Gasteiger partial charge in [-0.25, -0.2) is 4.79 Å². The smallest absolute Gasteiger partial charge is 0.329 e. The number of nitrogens with one attached hydrogen (secondary N) is 2. The molecule has 5 nitrogen and oxygen atoms in total. The van der Waals surface area contributed by atoms with Crippen molar-refractivity contribution in [2.75, 3.05) is 5.32 Å². The second-order valence-corrected chi connectivity index (χ2v) is 4.59. The Kier molecular flexibility index (Phi) is 3.14. The Hall–Kier alpha value is -1.82. The van der Waals surface area contributed by atoms with Crippen LogP contribution in [0.1, 0.15) is 18.5 Å². The molecule has 0 saturated heterocycles. The third-order valence-corrected chi connectivity index (χ3v) is 3.26. The highest BCUT2D eigenvalue weighted by Crippen LogP contribution is 2.18. The van der Waals surface area contributed by atoms with Crippen molar-refractivity contribution in [3.63, 3.8) is 0 Å². The average molecular weight is 251 g/mol. The standard InChI is InChI=1S/C11H13N3O2S/c1-7(8-3-4-17-6-8)12-9-5-10(15)14(2)11(16)13-9/h3-7,12H,1-2H3,(H,13,16)/t7-/m0/s1. The Labute approximate surface area is 102 Å². The van der Waals surface area contributed by atoms with E-state index in [1.807, 2.05) is 23.8 Å². The highest BCUT2D eigenvalue weighted by molar-refractivity contribution is 7.07. The molecule has 0 aromatic carbocycles. The molecule has 0 unspecified atom stereocenters. The Morgan fingerprint density at radius 3 is 2.82 bits per heavy atom. The Bertz CT molecular complexity index is 581. The largest absolute Gasteiger partial charge is 0.365 e. The molecule has 0 amide bonds. The number of anilines is 1. The fourth-order valence-electron chi connectivity index (χ4n) is 1.47. The molecule has 17 heavy (non-hydrogen) atoms. The number of rotatable bonds is 3. The van der Waals surface area contributed by atoms with Gasteiger partial charge in [-0.2, -0.15) is 11.3 Å². The maximum Gasteiger partial charge on any atom is 0.329 e. The molecule has 6 heteroatoms. The van der Waals surface area contributed by atoms with Crippen molar-refractivity contribution in [2.24, 2.45) is 7.05 Å². The predicted octanol–water partition coefficient (Wildman–Crippen LogP) is 1.31. The van der Waals surface area contributed by atoms with Gasteiger partial charge in [-0.1, -0.05) is 0 Å². The Morgan fingerprint density at radius 2 is 2.24 bits per heavy atom. The molecule has 0 aliphatic heterocycles. The maximum absolute atomic E-state index is 11.4. The fraction of sp³-hybridized carbons (Fsp3) is 0.273. The van der Waals surface area contributed by atoms with Gasteiger partial charge in [0.25, 0.3) is 5.56 Å². The van der Waals surface area contributed by atoms with Crippen LogP contribution in [-0.2, 0) is 7.05 Å². The molecule has 1 atom stereocenters. The quantitative estimate of drug-likeness (QED) is 0.864. The summed E-state index contributed by atoms with van der Waals surface area (Å²) in [5.41, 5.74) is 0.378. The molecule has 0 bridgehead atoms. The molecular weight excluding hydrogens is 238 g/mol. The van der Waals surface area contributed by atoms with Gasteiger partial charge in [0.05, 0.1) is 6.04 Å². The van der Waals surface area contributed by atoms with E-state index < -0.39 is 5.69 Å². The molecule has 2 aromatic heterocycles. The summed E-state index contributed by atoms with van der Waals surface area (Å²) in [6.45, 7) is 1.97. The Morgan fingerprint density at radius 1 is 1.47 bits per heavy atom. The van der Waals surface area contributed by atoms with E-state index in [1.54, 1.807) is 11.3 Å². The number of hydrogen-bond acceptors (Lipinski definition) is 4. The van der Waals surface area contributed by atoms with Crippen LogP contribution in [0.2, 0.25) is 0 Å². The first kappa shape index (κ1) is 11.7. The van der Waals surface area contributed by atoms with E-state index in [1.165, 1.54) is 13.1 Å². The zero-order chi connectivity index (χ0) is 12.4. The topological polar surface area (TPSA) is 66.9 Å². The zero-order valence-electron chi connectivity index (χ0n) is 9.56. The van der Waals surface area contributed by atoms with Gasteiger partial charge >= 0.3 is 5.69 Å². The van der Waals surface area contributed by atoms with Crippen molar-refractivity contribution in [2.45, 2.75) is 13.0 Å². The first-order valence-electron chi connectivity index (χ1n) is 5.17. The van der Waals surface area contributed by atoms with E-state index in [0.29, 0.717) is 5.82 Å². The third-order valence-electron chi connectivity index (χ3n) is 2.56. The lowest BCUT2D eigenvalue weighted by Gasteiger charge is -2.13. The van der Waals surface area contributed by atoms with Crippen molar-refractivity contribution in [1.82, 2.24) is 9.55 Å². The van der Waals surface area contributed by atoms with Gasteiger partial charge in [-0.05, 0) is 29.3 Å². The number of aromatic amines is 1. The van der Waals surface area contributed by atoms with Crippen molar-refractivity contribution in [3.8, 4) is 0 Å². The summed E-state index contributed by atoms with van der Waals surface area (Å²) in [4.78, 5) is 25.4. The number of thiophene rings is 1. The molecule has 0 radical (unpaired) electrons. The Balaban J connectivity index is 2.25. The minimum Gasteiger partial charge on any atom is -0.365 e. The molecular formula is C11H13N3O2S. The maximum atomic E-state index is 11.4. The number of aromatic nitrogens is 2. The molecule has 0 aliphatic carbocycles. The van der Waals surface area contributed by atoms with E-state index >= 15 is 0 Å². The highest BCUT2D eigenvalue weighted by atomic mass is 32.1. The van der Waals surface area contributed by atoms with E-state index in [4.69, 9.17) is 0 Å². The third kappa shape index (κ3) is 2.47. The number of hydrogen-bond donors (Lipinski definition) is 2. The van der Waals surface area contributed by atoms with E-state index in [-0.39, 0.29) is 11.6 Å². The molecule has 0 spiro atoms. The van der Waals surface area contributed by atoms with Gasteiger partial charge < -0.3 is 5.32 Å². The van der Waals surface area contributed by atoms with Crippen LogP contribution in [0.25, 0.3) is 0 Å². The van der Waals surface area contributed by atoms with Gasteiger partial charge in [0.2, 0.25) is 0 Å². The molecule has 2 rings (SSSR count). The van der Waals surface area contributed by atoms with Crippen LogP contribution in [0.5, 0.6) is 0 Å². The molecule has 2 aromatic rings. The molecule has 0 fully saturated rings. The van der Waals surface area contributed by atoms with Crippen LogP contribution in [0.15, 0.2) is 32.5 Å². The lowest BCUT2D eigenvalue weighted by atomic mass is 10.2. The zero-order valence-corrected chi connectivity index (χ0v) is 10.4. The van der Waals surface area contributed by atoms with Gasteiger partial charge in [-0.15, -0.1) is 0 Å². The molecule has 0 saturated carbocycles. The molecule has 0 aliphatic rings. The van der Waals surface area contributed by atoms with Crippen molar-refractivity contribution >= 4 is 17.2 Å². The van der Waals surface area contributed by atoms with Gasteiger partial charge in [0, 0.05) is 13.1 Å². The van der Waals surface area contributed by atoms with Crippen LogP contribution < -0.4 is 16.6 Å². The first-order valence-corrected chi connectivity index (χ1v) is 6.11. The van der Waals surface area contributed by atoms with Crippen LogP contribution >= 0.6 is 11.3 Å². The lowest BCUT2D eigenvalue weighted by molar-refractivity contribution is 0.768. The number of H-pyrrole nitrogens is 1. The lowest BCUT2D eigenvalue weighted by Crippen LogP contribution is -2.32. The highest BCUT2D eigenvalue weighted by Gasteiger charge is 2.07. The van der Waals surface area contributed by atoms with Gasteiger partial charge in [0.15, 0.2) is 0 Å². The summed E-state index contributed by atoms with van der Waals surface area (Å²) in [5.74, 6) is 0.441. The summed E-state index contributed by atoms with van der Waals surface area (Å²) in [6.07, 6.45) is 0. The molecule has 90 valence electrons. The predicted molar refractivity (Wildman–Crippen MR) is 68.7 cm³/mol.